The van der Waals surface area contributed by atoms with E-state index in [4.69, 9.17) is 0 Å². The molecule has 0 N–H and O–H groups in total. The SMILES string of the molecule is CCCCC(C)SS. The van der Waals surface area contributed by atoms with E-state index < -0.39 is 0 Å². The normalized spacial score (nSPS) is 13.9. The molecule has 0 aliphatic carbocycles. The Hall–Kier alpha value is 0.700. The zero-order chi connectivity index (χ0) is 6.41. The van der Waals surface area contributed by atoms with Crippen molar-refractivity contribution in [2.75, 3.05) is 0 Å². The number of rotatable bonds is 4. The average Bonchev–Trinajstić information content (AvgIpc) is 1.83. The summed E-state index contributed by atoms with van der Waals surface area (Å²) in [6.45, 7) is 4.43. The fraction of sp³-hybridized carbons (Fsp3) is 1.00. The minimum Gasteiger partial charge on any atom is -0.111 e. The highest BCUT2D eigenvalue weighted by Gasteiger charge is 1.96. The molecule has 0 amide bonds. The van der Waals surface area contributed by atoms with Crippen LogP contribution in [0.3, 0.4) is 0 Å². The summed E-state index contributed by atoms with van der Waals surface area (Å²) < 4.78 is 0. The molecule has 0 aliphatic heterocycles. The first-order valence-electron chi connectivity index (χ1n) is 3.11. The van der Waals surface area contributed by atoms with Crippen LogP contribution in [-0.4, -0.2) is 5.25 Å². The number of thiol groups is 1. The molecule has 0 saturated heterocycles. The van der Waals surface area contributed by atoms with E-state index in [1.165, 1.54) is 19.3 Å². The Morgan fingerprint density at radius 1 is 1.62 bits per heavy atom. The van der Waals surface area contributed by atoms with Crippen LogP contribution < -0.4 is 0 Å². The van der Waals surface area contributed by atoms with Crippen molar-refractivity contribution in [2.45, 2.75) is 38.4 Å². The lowest BCUT2D eigenvalue weighted by atomic mass is 10.2. The lowest BCUT2D eigenvalue weighted by Gasteiger charge is -2.03. The standard InChI is InChI=1S/C6H14S2/c1-3-4-5-6(2)8-7/h6-7H,3-5H2,1-2H3. The maximum atomic E-state index is 4.11. The summed E-state index contributed by atoms with van der Waals surface area (Å²) >= 11 is 4.11. The molecule has 0 saturated carbocycles. The minimum absolute atomic E-state index is 0.735. The van der Waals surface area contributed by atoms with E-state index in [-0.39, 0.29) is 0 Å². The summed E-state index contributed by atoms with van der Waals surface area (Å²) in [5.74, 6) is 0. The first kappa shape index (κ1) is 8.70. The molecule has 0 aliphatic rings. The fourth-order valence-electron chi connectivity index (χ4n) is 0.544. The van der Waals surface area contributed by atoms with Crippen LogP contribution in [0.1, 0.15) is 33.1 Å². The minimum atomic E-state index is 0.735. The highest BCUT2D eigenvalue weighted by molar-refractivity contribution is 8.68. The molecule has 1 atom stereocenters. The van der Waals surface area contributed by atoms with Crippen molar-refractivity contribution in [3.63, 3.8) is 0 Å². The molecule has 2 heteroatoms. The number of hydrogen-bond donors (Lipinski definition) is 1. The van der Waals surface area contributed by atoms with Gasteiger partial charge in [-0.05, 0) is 6.42 Å². The van der Waals surface area contributed by atoms with E-state index in [1.54, 1.807) is 10.8 Å². The third kappa shape index (κ3) is 4.85. The van der Waals surface area contributed by atoms with Crippen molar-refractivity contribution < 1.29 is 0 Å². The molecule has 0 bridgehead atoms. The van der Waals surface area contributed by atoms with Gasteiger partial charge in [0.05, 0.1) is 0 Å². The van der Waals surface area contributed by atoms with E-state index in [2.05, 4.69) is 25.5 Å². The van der Waals surface area contributed by atoms with E-state index in [9.17, 15) is 0 Å². The second kappa shape index (κ2) is 5.83. The van der Waals surface area contributed by atoms with Gasteiger partial charge in [0.1, 0.15) is 0 Å². The molecule has 1 unspecified atom stereocenters. The van der Waals surface area contributed by atoms with Crippen LogP contribution in [0.2, 0.25) is 0 Å². The van der Waals surface area contributed by atoms with Gasteiger partial charge >= 0.3 is 0 Å². The highest BCUT2D eigenvalue weighted by atomic mass is 33.1. The van der Waals surface area contributed by atoms with Crippen LogP contribution in [0.25, 0.3) is 0 Å². The quantitative estimate of drug-likeness (QED) is 0.474. The fourth-order valence-corrected chi connectivity index (χ4v) is 1.13. The maximum absolute atomic E-state index is 4.11. The largest absolute Gasteiger partial charge is 0.111 e. The predicted molar refractivity (Wildman–Crippen MR) is 45.6 cm³/mol. The Kier molecular flexibility index (Phi) is 6.34. The van der Waals surface area contributed by atoms with Crippen molar-refractivity contribution in [3.05, 3.63) is 0 Å². The number of hydrogen-bond acceptors (Lipinski definition) is 2. The average molecular weight is 150 g/mol. The molecule has 0 radical (unpaired) electrons. The van der Waals surface area contributed by atoms with Gasteiger partial charge in [-0.25, -0.2) is 0 Å². The Morgan fingerprint density at radius 3 is 2.62 bits per heavy atom. The van der Waals surface area contributed by atoms with Gasteiger partial charge in [-0.15, -0.1) is 11.7 Å². The maximum Gasteiger partial charge on any atom is 0.0120 e. The van der Waals surface area contributed by atoms with Crippen LogP contribution >= 0.6 is 22.5 Å². The lowest BCUT2D eigenvalue weighted by molar-refractivity contribution is 0.715. The van der Waals surface area contributed by atoms with Crippen molar-refractivity contribution in [3.8, 4) is 0 Å². The van der Waals surface area contributed by atoms with Gasteiger partial charge in [-0.2, -0.15) is 0 Å². The third-order valence-corrected chi connectivity index (χ3v) is 2.82. The van der Waals surface area contributed by atoms with Gasteiger partial charge in [-0.3, -0.25) is 0 Å². The smallest absolute Gasteiger partial charge is 0.0120 e. The predicted octanol–water partition coefficient (Wildman–Crippen LogP) is 3.14. The molecule has 0 heterocycles. The molecule has 0 fully saturated rings. The van der Waals surface area contributed by atoms with Gasteiger partial charge in [-0.1, -0.05) is 37.5 Å². The molecule has 50 valence electrons. The molecule has 0 nitrogen and oxygen atoms in total. The summed E-state index contributed by atoms with van der Waals surface area (Å²) in [5, 5.41) is 0.735. The lowest BCUT2D eigenvalue weighted by Crippen LogP contribution is -1.90. The Labute approximate surface area is 61.2 Å². The monoisotopic (exact) mass is 150 g/mol. The third-order valence-electron chi connectivity index (χ3n) is 1.14. The highest BCUT2D eigenvalue weighted by Crippen LogP contribution is 2.18. The molecular weight excluding hydrogens is 136 g/mol. The molecule has 0 spiro atoms. The van der Waals surface area contributed by atoms with E-state index in [0.29, 0.717) is 0 Å². The molecule has 0 aromatic rings. The number of unbranched alkanes of at least 4 members (excludes halogenated alkanes) is 1. The van der Waals surface area contributed by atoms with Crippen molar-refractivity contribution >= 4 is 22.5 Å². The van der Waals surface area contributed by atoms with Gasteiger partial charge in [0, 0.05) is 5.25 Å². The summed E-state index contributed by atoms with van der Waals surface area (Å²) in [6, 6.07) is 0. The van der Waals surface area contributed by atoms with Gasteiger partial charge in [0.2, 0.25) is 0 Å². The first-order valence-corrected chi connectivity index (χ1v) is 5.04. The zero-order valence-corrected chi connectivity index (χ0v) is 7.27. The molecule has 0 aromatic heterocycles. The molecule has 8 heavy (non-hydrogen) atoms. The Balaban J connectivity index is 2.86. The Bertz CT molecular complexity index is 45.8. The molecule has 0 aromatic carbocycles. The van der Waals surface area contributed by atoms with Crippen LogP contribution in [0.15, 0.2) is 0 Å². The second-order valence-corrected chi connectivity index (χ2v) is 3.71. The van der Waals surface area contributed by atoms with E-state index >= 15 is 0 Å². The Morgan fingerprint density at radius 2 is 2.25 bits per heavy atom. The first-order chi connectivity index (χ1) is 3.81. The second-order valence-electron chi connectivity index (χ2n) is 2.06. The van der Waals surface area contributed by atoms with Crippen LogP contribution in [0.4, 0.5) is 0 Å². The van der Waals surface area contributed by atoms with Crippen LogP contribution in [0.5, 0.6) is 0 Å². The molecule has 0 rings (SSSR count). The topological polar surface area (TPSA) is 0 Å². The summed E-state index contributed by atoms with van der Waals surface area (Å²) in [6.07, 6.45) is 3.96. The van der Waals surface area contributed by atoms with E-state index in [1.807, 2.05) is 0 Å². The van der Waals surface area contributed by atoms with Gasteiger partial charge < -0.3 is 0 Å². The van der Waals surface area contributed by atoms with Crippen molar-refractivity contribution in [2.24, 2.45) is 0 Å². The van der Waals surface area contributed by atoms with E-state index in [0.717, 1.165) is 5.25 Å². The van der Waals surface area contributed by atoms with Crippen LogP contribution in [-0.2, 0) is 0 Å². The van der Waals surface area contributed by atoms with Crippen molar-refractivity contribution in [1.29, 1.82) is 0 Å². The summed E-state index contributed by atoms with van der Waals surface area (Å²) in [5.41, 5.74) is 0. The summed E-state index contributed by atoms with van der Waals surface area (Å²) in [4.78, 5) is 0. The molecular formula is C6H14S2. The van der Waals surface area contributed by atoms with Crippen molar-refractivity contribution in [1.82, 2.24) is 0 Å². The van der Waals surface area contributed by atoms with Crippen LogP contribution in [0, 0.1) is 0 Å². The summed E-state index contributed by atoms with van der Waals surface area (Å²) in [7, 11) is 1.66. The zero-order valence-electron chi connectivity index (χ0n) is 5.55. The van der Waals surface area contributed by atoms with Gasteiger partial charge in [0.15, 0.2) is 0 Å². The van der Waals surface area contributed by atoms with Gasteiger partial charge in [0.25, 0.3) is 0 Å².